The van der Waals surface area contributed by atoms with Crippen molar-refractivity contribution in [3.05, 3.63) is 30.1 Å². The van der Waals surface area contributed by atoms with Gasteiger partial charge in [-0.25, -0.2) is 9.78 Å². The summed E-state index contributed by atoms with van der Waals surface area (Å²) in [6.45, 7) is 3.99. The highest BCUT2D eigenvalue weighted by Crippen LogP contribution is 2.25. The molecule has 1 fully saturated rings. The Morgan fingerprint density at radius 3 is 2.62 bits per heavy atom. The zero-order valence-electron chi connectivity index (χ0n) is 13.7. The van der Waals surface area contributed by atoms with Crippen LogP contribution in [0.4, 0.5) is 0 Å². The highest BCUT2D eigenvalue weighted by molar-refractivity contribution is 5.83. The number of ether oxygens (including phenoxy) is 1. The van der Waals surface area contributed by atoms with Crippen molar-refractivity contribution >= 4 is 22.9 Å². The number of nitrogens with one attached hydrogen (secondary N) is 2. The van der Waals surface area contributed by atoms with Gasteiger partial charge in [-0.05, 0) is 30.9 Å². The molecule has 2 aromatic rings. The van der Waals surface area contributed by atoms with Gasteiger partial charge in [-0.3, -0.25) is 4.79 Å². The third kappa shape index (κ3) is 3.26. The van der Waals surface area contributed by atoms with Crippen molar-refractivity contribution in [1.82, 2.24) is 15.3 Å². The third-order valence-electron chi connectivity index (χ3n) is 4.25. The van der Waals surface area contributed by atoms with E-state index in [1.807, 2.05) is 38.1 Å². The lowest BCUT2D eigenvalue weighted by molar-refractivity contribution is -0.152. The first-order valence-electron chi connectivity index (χ1n) is 8.09. The summed E-state index contributed by atoms with van der Waals surface area (Å²) in [5, 5.41) is 11.9. The van der Waals surface area contributed by atoms with Gasteiger partial charge in [0, 0.05) is 0 Å². The molecule has 1 unspecified atom stereocenters. The number of aromatic nitrogens is 2. The maximum absolute atomic E-state index is 12.4. The fourth-order valence-electron chi connectivity index (χ4n) is 2.93. The Bertz CT molecular complexity index is 722. The van der Waals surface area contributed by atoms with Crippen molar-refractivity contribution in [2.75, 3.05) is 0 Å². The molecule has 1 aliphatic heterocycles. The van der Waals surface area contributed by atoms with E-state index in [-0.39, 0.29) is 17.9 Å². The van der Waals surface area contributed by atoms with Gasteiger partial charge in [-0.2, -0.15) is 0 Å². The van der Waals surface area contributed by atoms with Crippen LogP contribution in [0, 0.1) is 5.92 Å². The maximum atomic E-state index is 12.4. The number of hydrogen-bond donors (Lipinski definition) is 3. The summed E-state index contributed by atoms with van der Waals surface area (Å²) in [4.78, 5) is 31.2. The van der Waals surface area contributed by atoms with Gasteiger partial charge < -0.3 is 20.1 Å². The number of rotatable bonds is 5. The molecular weight excluding hydrogens is 310 g/mol. The topological polar surface area (TPSA) is 104 Å². The Kier molecular flexibility index (Phi) is 4.53. The largest absolute Gasteiger partial charge is 0.479 e. The fraction of sp³-hybridized carbons (Fsp3) is 0.471. The molecule has 1 aromatic heterocycles. The van der Waals surface area contributed by atoms with Gasteiger partial charge in [0.15, 0.2) is 6.10 Å². The average molecular weight is 331 g/mol. The van der Waals surface area contributed by atoms with Crippen LogP contribution in [0.2, 0.25) is 0 Å². The van der Waals surface area contributed by atoms with Crippen LogP contribution in [-0.2, 0) is 14.3 Å². The monoisotopic (exact) mass is 331 g/mol. The summed E-state index contributed by atoms with van der Waals surface area (Å²) >= 11 is 0. The molecule has 1 aromatic carbocycles. The fourth-order valence-corrected chi connectivity index (χ4v) is 2.93. The first-order valence-corrected chi connectivity index (χ1v) is 8.09. The summed E-state index contributed by atoms with van der Waals surface area (Å²) < 4.78 is 5.32. The molecule has 1 saturated heterocycles. The van der Waals surface area contributed by atoms with E-state index in [0.29, 0.717) is 18.7 Å². The number of para-hydroxylation sites is 2. The summed E-state index contributed by atoms with van der Waals surface area (Å²) in [5.74, 6) is -0.514. The van der Waals surface area contributed by atoms with Crippen LogP contribution in [0.3, 0.4) is 0 Å². The standard InChI is InChI=1S/C17H21N3O4/c1-9(2)14(15-18-10-5-3-4-6-11(10)19-15)20-16(21)12-7-8-13(24-12)17(22)23/h3-6,9,12-14H,7-8H2,1-2H3,(H,18,19)(H,20,21)(H,22,23)/t12-,13+,14?/m0/s1. The van der Waals surface area contributed by atoms with Gasteiger partial charge in [-0.15, -0.1) is 0 Å². The molecular formula is C17H21N3O4. The van der Waals surface area contributed by atoms with E-state index >= 15 is 0 Å². The molecule has 7 heteroatoms. The molecule has 3 rings (SSSR count). The van der Waals surface area contributed by atoms with Gasteiger partial charge >= 0.3 is 5.97 Å². The number of carboxylic acids is 1. The lowest BCUT2D eigenvalue weighted by Crippen LogP contribution is -2.40. The lowest BCUT2D eigenvalue weighted by Gasteiger charge is -2.22. The van der Waals surface area contributed by atoms with Gasteiger partial charge in [-0.1, -0.05) is 26.0 Å². The van der Waals surface area contributed by atoms with Gasteiger partial charge in [0.1, 0.15) is 11.9 Å². The molecule has 0 bridgehead atoms. The minimum absolute atomic E-state index is 0.117. The zero-order valence-corrected chi connectivity index (χ0v) is 13.7. The second kappa shape index (κ2) is 6.60. The number of H-pyrrole nitrogens is 1. The minimum Gasteiger partial charge on any atom is -0.479 e. The van der Waals surface area contributed by atoms with Crippen LogP contribution in [0.15, 0.2) is 24.3 Å². The summed E-state index contributed by atoms with van der Waals surface area (Å²) in [6, 6.07) is 7.38. The van der Waals surface area contributed by atoms with Crippen molar-refractivity contribution < 1.29 is 19.4 Å². The van der Waals surface area contributed by atoms with Crippen LogP contribution in [0.25, 0.3) is 11.0 Å². The molecule has 1 aliphatic rings. The molecule has 24 heavy (non-hydrogen) atoms. The number of fused-ring (bicyclic) bond motifs is 1. The molecule has 2 heterocycles. The van der Waals surface area contributed by atoms with E-state index in [2.05, 4.69) is 15.3 Å². The summed E-state index contributed by atoms with van der Waals surface area (Å²) in [6.07, 6.45) is -0.862. The Hall–Kier alpha value is -2.41. The Balaban J connectivity index is 1.74. The van der Waals surface area contributed by atoms with Crippen LogP contribution < -0.4 is 5.32 Å². The number of imidazole rings is 1. The molecule has 128 valence electrons. The zero-order chi connectivity index (χ0) is 17.3. The molecule has 0 aliphatic carbocycles. The normalized spacial score (nSPS) is 22.0. The number of carboxylic acid groups (broad SMARTS) is 1. The highest BCUT2D eigenvalue weighted by Gasteiger charge is 2.36. The van der Waals surface area contributed by atoms with Gasteiger partial charge in [0.2, 0.25) is 5.91 Å². The van der Waals surface area contributed by atoms with E-state index in [4.69, 9.17) is 9.84 Å². The van der Waals surface area contributed by atoms with Crippen LogP contribution >= 0.6 is 0 Å². The van der Waals surface area contributed by atoms with E-state index < -0.39 is 18.2 Å². The average Bonchev–Trinajstić information content (AvgIpc) is 3.18. The van der Waals surface area contributed by atoms with Crippen molar-refractivity contribution in [3.63, 3.8) is 0 Å². The second-order valence-corrected chi connectivity index (χ2v) is 6.40. The van der Waals surface area contributed by atoms with E-state index in [9.17, 15) is 9.59 Å². The number of aromatic amines is 1. The Morgan fingerprint density at radius 1 is 1.29 bits per heavy atom. The molecule has 3 atom stereocenters. The lowest BCUT2D eigenvalue weighted by atomic mass is 10.0. The molecule has 0 saturated carbocycles. The molecule has 1 amide bonds. The predicted molar refractivity (Wildman–Crippen MR) is 87.3 cm³/mol. The van der Waals surface area contributed by atoms with Crippen molar-refractivity contribution in [2.24, 2.45) is 5.92 Å². The number of hydrogen-bond acceptors (Lipinski definition) is 4. The first kappa shape index (κ1) is 16.4. The maximum Gasteiger partial charge on any atom is 0.332 e. The van der Waals surface area contributed by atoms with E-state index in [0.717, 1.165) is 11.0 Å². The minimum atomic E-state index is -1.03. The Morgan fingerprint density at radius 2 is 2.00 bits per heavy atom. The number of aliphatic carboxylic acids is 1. The predicted octanol–water partition coefficient (Wildman–Crippen LogP) is 2.01. The number of nitrogens with zero attached hydrogens (tertiary/aromatic N) is 1. The first-order chi connectivity index (χ1) is 11.5. The van der Waals surface area contributed by atoms with Crippen molar-refractivity contribution in [1.29, 1.82) is 0 Å². The van der Waals surface area contributed by atoms with Crippen molar-refractivity contribution in [3.8, 4) is 0 Å². The number of carbonyl (C=O) groups is 2. The smallest absolute Gasteiger partial charge is 0.332 e. The summed E-state index contributed by atoms with van der Waals surface area (Å²) in [7, 11) is 0. The van der Waals surface area contributed by atoms with Gasteiger partial charge in [0.05, 0.1) is 17.1 Å². The SMILES string of the molecule is CC(C)C(NC(=O)[C@@H]1CC[C@H](C(=O)O)O1)c1nc2ccccc2[nH]1. The summed E-state index contributed by atoms with van der Waals surface area (Å²) in [5.41, 5.74) is 1.76. The third-order valence-corrected chi connectivity index (χ3v) is 4.25. The van der Waals surface area contributed by atoms with Crippen molar-refractivity contribution in [2.45, 2.75) is 44.9 Å². The number of benzene rings is 1. The number of carbonyl (C=O) groups excluding carboxylic acids is 1. The van der Waals surface area contributed by atoms with Crippen LogP contribution in [0.1, 0.15) is 38.6 Å². The second-order valence-electron chi connectivity index (χ2n) is 6.40. The Labute approximate surface area is 139 Å². The molecule has 3 N–H and O–H groups in total. The highest BCUT2D eigenvalue weighted by atomic mass is 16.5. The van der Waals surface area contributed by atoms with Crippen LogP contribution in [0.5, 0.6) is 0 Å². The van der Waals surface area contributed by atoms with Gasteiger partial charge in [0.25, 0.3) is 0 Å². The van der Waals surface area contributed by atoms with E-state index in [1.165, 1.54) is 0 Å². The molecule has 0 radical (unpaired) electrons. The van der Waals surface area contributed by atoms with E-state index in [1.54, 1.807) is 0 Å². The van der Waals surface area contributed by atoms with Crippen LogP contribution in [-0.4, -0.2) is 39.2 Å². The number of amides is 1. The molecule has 7 nitrogen and oxygen atoms in total. The quantitative estimate of drug-likeness (QED) is 0.777. The molecule has 0 spiro atoms.